The van der Waals surface area contributed by atoms with Crippen LogP contribution in [0, 0.1) is 13.8 Å². The van der Waals surface area contributed by atoms with E-state index in [-0.39, 0.29) is 17.3 Å². The Bertz CT molecular complexity index is 1290. The van der Waals surface area contributed by atoms with Gasteiger partial charge >= 0.3 is 0 Å². The maximum absolute atomic E-state index is 12.9. The van der Waals surface area contributed by atoms with E-state index in [4.69, 9.17) is 16.6 Å². The van der Waals surface area contributed by atoms with Crippen LogP contribution in [0.2, 0.25) is 5.02 Å². The van der Waals surface area contributed by atoms with Crippen molar-refractivity contribution in [1.29, 1.82) is 0 Å². The SMILES string of the molecule is CC(=O)c1c(C)[nH]c(C(=O)CSc2nc3cc(Cl)ccc3n2Cc2ccccc2)c1C. The van der Waals surface area contributed by atoms with Gasteiger partial charge in [-0.15, -0.1) is 0 Å². The number of hydrogen-bond donors (Lipinski definition) is 1. The molecule has 2 heterocycles. The largest absolute Gasteiger partial charge is 0.355 e. The highest BCUT2D eigenvalue weighted by Crippen LogP contribution is 2.28. The molecule has 0 radical (unpaired) electrons. The van der Waals surface area contributed by atoms with E-state index in [1.807, 2.05) is 50.2 Å². The summed E-state index contributed by atoms with van der Waals surface area (Å²) in [5, 5.41) is 1.38. The standard InChI is InChI=1S/C24H22ClN3O2S/c1-14-22(16(3)29)15(2)26-23(14)21(30)13-31-24-27-19-11-18(25)9-10-20(19)28(24)12-17-7-5-4-6-8-17/h4-11,26H,12-13H2,1-3H3. The van der Waals surface area contributed by atoms with Crippen LogP contribution in [-0.2, 0) is 6.54 Å². The van der Waals surface area contributed by atoms with E-state index in [9.17, 15) is 9.59 Å². The quantitative estimate of drug-likeness (QED) is 0.282. The Hall–Kier alpha value is -2.83. The number of nitrogens with zero attached hydrogens (tertiary/aromatic N) is 2. The van der Waals surface area contributed by atoms with E-state index < -0.39 is 0 Å². The number of ketones is 2. The molecule has 158 valence electrons. The van der Waals surface area contributed by atoms with Crippen LogP contribution in [-0.4, -0.2) is 31.9 Å². The lowest BCUT2D eigenvalue weighted by molar-refractivity contribution is 0.101. The second-order valence-electron chi connectivity index (χ2n) is 7.49. The molecular weight excluding hydrogens is 430 g/mol. The van der Waals surface area contributed by atoms with Gasteiger partial charge in [0.25, 0.3) is 0 Å². The highest BCUT2D eigenvalue weighted by Gasteiger charge is 2.21. The Balaban J connectivity index is 1.64. The van der Waals surface area contributed by atoms with E-state index in [1.165, 1.54) is 18.7 Å². The van der Waals surface area contributed by atoms with Crippen LogP contribution in [0.3, 0.4) is 0 Å². The normalized spacial score (nSPS) is 11.2. The molecule has 31 heavy (non-hydrogen) atoms. The summed E-state index contributed by atoms with van der Waals surface area (Å²) in [6, 6.07) is 15.8. The summed E-state index contributed by atoms with van der Waals surface area (Å²) in [7, 11) is 0. The number of imidazole rings is 1. The maximum Gasteiger partial charge on any atom is 0.189 e. The van der Waals surface area contributed by atoms with Crippen molar-refractivity contribution in [1.82, 2.24) is 14.5 Å². The summed E-state index contributed by atoms with van der Waals surface area (Å²) in [5.41, 5.74) is 5.43. The smallest absolute Gasteiger partial charge is 0.189 e. The third-order valence-electron chi connectivity index (χ3n) is 5.26. The molecule has 0 saturated carbocycles. The van der Waals surface area contributed by atoms with Gasteiger partial charge in [0.1, 0.15) is 0 Å². The maximum atomic E-state index is 12.9. The van der Waals surface area contributed by atoms with Gasteiger partial charge in [0.2, 0.25) is 0 Å². The first kappa shape index (κ1) is 21.4. The topological polar surface area (TPSA) is 67.8 Å². The molecule has 0 spiro atoms. The zero-order valence-electron chi connectivity index (χ0n) is 17.5. The average molecular weight is 452 g/mol. The summed E-state index contributed by atoms with van der Waals surface area (Å²) in [6.45, 7) is 5.79. The molecule has 0 unspecified atom stereocenters. The first-order valence-electron chi connectivity index (χ1n) is 9.91. The molecule has 4 rings (SSSR count). The first-order valence-corrected chi connectivity index (χ1v) is 11.3. The van der Waals surface area contributed by atoms with Crippen molar-refractivity contribution < 1.29 is 9.59 Å². The number of hydrogen-bond acceptors (Lipinski definition) is 4. The monoisotopic (exact) mass is 451 g/mol. The predicted octanol–water partition coefficient (Wildman–Crippen LogP) is 5.86. The summed E-state index contributed by atoms with van der Waals surface area (Å²) in [5.74, 6) is 0.109. The van der Waals surface area contributed by atoms with E-state index in [0.29, 0.717) is 28.4 Å². The second kappa shape index (κ2) is 8.73. The summed E-state index contributed by atoms with van der Waals surface area (Å²) in [6.07, 6.45) is 0. The lowest BCUT2D eigenvalue weighted by Gasteiger charge is -2.09. The summed E-state index contributed by atoms with van der Waals surface area (Å²) in [4.78, 5) is 32.7. The van der Waals surface area contributed by atoms with Crippen molar-refractivity contribution >= 4 is 46.0 Å². The van der Waals surface area contributed by atoms with E-state index in [2.05, 4.69) is 21.7 Å². The van der Waals surface area contributed by atoms with Gasteiger partial charge in [0, 0.05) is 16.3 Å². The number of nitrogens with one attached hydrogen (secondary N) is 1. The van der Waals surface area contributed by atoms with Crippen LogP contribution >= 0.6 is 23.4 Å². The minimum absolute atomic E-state index is 0.0421. The fourth-order valence-electron chi connectivity index (χ4n) is 3.87. The number of carbonyl (C=O) groups excluding carboxylic acids is 2. The molecule has 7 heteroatoms. The minimum Gasteiger partial charge on any atom is -0.355 e. The molecule has 0 aliphatic heterocycles. The minimum atomic E-state index is -0.0607. The Morgan fingerprint density at radius 1 is 1.13 bits per heavy atom. The molecule has 2 aromatic heterocycles. The number of aromatic amines is 1. The molecule has 4 aromatic rings. The molecule has 0 bridgehead atoms. The Morgan fingerprint density at radius 3 is 2.55 bits per heavy atom. The molecular formula is C24H22ClN3O2S. The molecule has 0 saturated heterocycles. The second-order valence-corrected chi connectivity index (χ2v) is 8.87. The van der Waals surface area contributed by atoms with Crippen molar-refractivity contribution in [2.24, 2.45) is 0 Å². The molecule has 0 amide bonds. The fourth-order valence-corrected chi connectivity index (χ4v) is 4.92. The molecule has 1 N–H and O–H groups in total. The number of halogens is 1. The predicted molar refractivity (Wildman–Crippen MR) is 126 cm³/mol. The van der Waals surface area contributed by atoms with Crippen LogP contribution < -0.4 is 0 Å². The van der Waals surface area contributed by atoms with E-state index in [0.717, 1.165) is 27.4 Å². The van der Waals surface area contributed by atoms with Crippen molar-refractivity contribution in [2.45, 2.75) is 32.5 Å². The number of thioether (sulfide) groups is 1. The highest BCUT2D eigenvalue weighted by atomic mass is 35.5. The number of Topliss-reactive ketones (excluding diaryl/α,β-unsaturated/α-hetero) is 2. The molecule has 0 fully saturated rings. The Morgan fingerprint density at radius 2 is 1.87 bits per heavy atom. The molecule has 5 nitrogen and oxygen atoms in total. The number of H-pyrrole nitrogens is 1. The van der Waals surface area contributed by atoms with E-state index >= 15 is 0 Å². The summed E-state index contributed by atoms with van der Waals surface area (Å²) < 4.78 is 2.10. The van der Waals surface area contributed by atoms with Gasteiger partial charge in [-0.05, 0) is 50.1 Å². The van der Waals surface area contributed by atoms with Crippen molar-refractivity contribution in [3.8, 4) is 0 Å². The van der Waals surface area contributed by atoms with Gasteiger partial charge in [-0.25, -0.2) is 4.98 Å². The molecule has 0 aliphatic rings. The van der Waals surface area contributed by atoms with Crippen molar-refractivity contribution in [3.63, 3.8) is 0 Å². The number of carbonyl (C=O) groups is 2. The van der Waals surface area contributed by atoms with Gasteiger partial charge in [0.05, 0.1) is 29.0 Å². The van der Waals surface area contributed by atoms with Crippen LogP contribution in [0.4, 0.5) is 0 Å². The lowest BCUT2D eigenvalue weighted by atomic mass is 10.1. The van der Waals surface area contributed by atoms with Crippen LogP contribution in [0.25, 0.3) is 11.0 Å². The Kier molecular flexibility index (Phi) is 6.03. The lowest BCUT2D eigenvalue weighted by Crippen LogP contribution is -2.08. The highest BCUT2D eigenvalue weighted by molar-refractivity contribution is 7.99. The number of fused-ring (bicyclic) bond motifs is 1. The number of benzene rings is 2. The summed E-state index contributed by atoms with van der Waals surface area (Å²) >= 11 is 7.55. The number of rotatable bonds is 7. The van der Waals surface area contributed by atoms with Gasteiger partial charge in [-0.1, -0.05) is 53.7 Å². The molecule has 0 atom stereocenters. The molecule has 2 aromatic carbocycles. The van der Waals surface area contributed by atoms with Crippen molar-refractivity contribution in [2.75, 3.05) is 5.75 Å². The zero-order valence-corrected chi connectivity index (χ0v) is 19.1. The van der Waals surface area contributed by atoms with Crippen LogP contribution in [0.5, 0.6) is 0 Å². The number of aromatic nitrogens is 3. The zero-order chi connectivity index (χ0) is 22.1. The third kappa shape index (κ3) is 4.31. The van der Waals surface area contributed by atoms with Gasteiger partial charge in [-0.3, -0.25) is 9.59 Å². The average Bonchev–Trinajstić information content (AvgIpc) is 3.22. The fraction of sp³-hybridized carbons (Fsp3) is 0.208. The Labute approximate surface area is 189 Å². The van der Waals surface area contributed by atoms with Crippen LogP contribution in [0.15, 0.2) is 53.7 Å². The first-order chi connectivity index (χ1) is 14.8. The van der Waals surface area contributed by atoms with E-state index in [1.54, 1.807) is 0 Å². The number of aryl methyl sites for hydroxylation is 1. The molecule has 0 aliphatic carbocycles. The van der Waals surface area contributed by atoms with Crippen LogP contribution in [0.1, 0.15) is 44.6 Å². The van der Waals surface area contributed by atoms with Gasteiger partial charge in [-0.2, -0.15) is 0 Å². The third-order valence-corrected chi connectivity index (χ3v) is 6.47. The van der Waals surface area contributed by atoms with Gasteiger partial charge in [0.15, 0.2) is 16.7 Å². The van der Waals surface area contributed by atoms with Crippen molar-refractivity contribution in [3.05, 3.63) is 81.6 Å². The van der Waals surface area contributed by atoms with Gasteiger partial charge < -0.3 is 9.55 Å².